The Morgan fingerprint density at radius 1 is 1.62 bits per heavy atom. The average molecular weight is 168 g/mol. The maximum Gasteiger partial charge on any atom is 0 e. The molecule has 0 radical (unpaired) electrons. The van der Waals surface area contributed by atoms with E-state index in [9.17, 15) is 0 Å². The summed E-state index contributed by atoms with van der Waals surface area (Å²) in [4.78, 5) is 8.68. The molecule has 0 amide bonds. The van der Waals surface area contributed by atoms with Crippen molar-refractivity contribution in [3.8, 4) is 0 Å². The third-order valence-corrected chi connectivity index (χ3v) is 0. The summed E-state index contributed by atoms with van der Waals surface area (Å²) in [5.41, 5.74) is 0. The molecule has 3 heteroatoms. The van der Waals surface area contributed by atoms with E-state index in [4.69, 9.17) is 4.79 Å². The van der Waals surface area contributed by atoms with Crippen molar-refractivity contribution >= 4 is 6.29 Å². The van der Waals surface area contributed by atoms with Gasteiger partial charge in [-0.1, -0.05) is 6.92 Å². The van der Waals surface area contributed by atoms with Gasteiger partial charge in [-0.15, -0.1) is 0 Å². The first kappa shape index (κ1) is 24.0. The first-order valence-electron chi connectivity index (χ1n) is 1.91. The molecule has 0 aromatic heterocycles. The summed E-state index contributed by atoms with van der Waals surface area (Å²) >= 11 is 0. The van der Waals surface area contributed by atoms with Crippen molar-refractivity contribution in [1.29, 1.82) is 0 Å². The summed E-state index contributed by atoms with van der Waals surface area (Å²) < 4.78 is 0. The molecule has 0 aromatic rings. The summed E-state index contributed by atoms with van der Waals surface area (Å²) in [6.45, 7) is 6.82. The third-order valence-electron chi connectivity index (χ3n) is 0. The van der Waals surface area contributed by atoms with Crippen molar-refractivity contribution in [2.75, 3.05) is 0 Å². The summed E-state index contributed by atoms with van der Waals surface area (Å²) in [5.74, 6) is 0. The molecule has 2 nitrogen and oxygen atoms in total. The second-order valence-corrected chi connectivity index (χ2v) is 0.704. The first-order chi connectivity index (χ1) is 2.83. The summed E-state index contributed by atoms with van der Waals surface area (Å²) in [5, 5.41) is 0. The van der Waals surface area contributed by atoms with Gasteiger partial charge >= 0.3 is 0 Å². The van der Waals surface area contributed by atoms with Crippen LogP contribution in [0.1, 0.15) is 20.3 Å². The van der Waals surface area contributed by atoms with Crippen LogP contribution >= 0.6 is 0 Å². The fourth-order valence-corrected chi connectivity index (χ4v) is 0. The normalized spacial score (nSPS) is 3.88. The molecule has 2 N–H and O–H groups in total. The molecule has 0 aliphatic carbocycles. The zero-order valence-electron chi connectivity index (χ0n) is 5.61. The van der Waals surface area contributed by atoms with Crippen LogP contribution in [0.5, 0.6) is 0 Å². The fraction of sp³-hybridized carbons (Fsp3) is 0.600. The smallest absolute Gasteiger partial charge is 0 e. The van der Waals surface area contributed by atoms with Crippen LogP contribution in [0.15, 0.2) is 0 Å². The predicted molar refractivity (Wildman–Crippen MR) is 32.3 cm³/mol. The minimum absolute atomic E-state index is 0. The van der Waals surface area contributed by atoms with Crippen LogP contribution in [0.2, 0.25) is 0 Å². The van der Waals surface area contributed by atoms with Crippen LogP contribution < -0.4 is 0 Å². The molecule has 0 aliphatic rings. The molecular weight excluding hydrogens is 155 g/mol. The van der Waals surface area contributed by atoms with Gasteiger partial charge < -0.3 is 17.9 Å². The maximum atomic E-state index is 8.68. The van der Waals surface area contributed by atoms with E-state index in [0.717, 1.165) is 6.42 Å². The van der Waals surface area contributed by atoms with Crippen LogP contribution in [-0.4, -0.2) is 6.29 Å². The van der Waals surface area contributed by atoms with Gasteiger partial charge in [0.1, 0.15) is 0 Å². The van der Waals surface area contributed by atoms with Crippen molar-refractivity contribution in [3.63, 3.8) is 0 Å². The molecule has 0 atom stereocenters. The topological polar surface area (TPSA) is 50.6 Å². The Kier molecular flexibility index (Phi) is 168. The molecule has 0 rings (SSSR count). The van der Waals surface area contributed by atoms with Crippen LogP contribution in [-0.2, 0) is 24.3 Å². The van der Waals surface area contributed by atoms with Gasteiger partial charge in [0.15, 0.2) is 0 Å². The Labute approximate surface area is 64.4 Å². The number of hydrogen-bond acceptors (Lipinski definition) is 1. The molecule has 0 unspecified atom stereocenters. The summed E-state index contributed by atoms with van der Waals surface area (Å²) in [6, 6.07) is 0. The standard InChI is InChI=1S/C3H7.C2H3O.H2N.Zn/c1-3-2;1-2-3;;/h1,3H2,2H3;1H3;1H2;/q3*-1;. The second kappa shape index (κ2) is 55.9. The number of carbonyl (C=O) groups excluding carboxylic acids is 1. The predicted octanol–water partition coefficient (Wildman–Crippen LogP) is 2.06. The van der Waals surface area contributed by atoms with Crippen molar-refractivity contribution < 1.29 is 24.3 Å². The van der Waals surface area contributed by atoms with Crippen LogP contribution in [0.4, 0.5) is 0 Å². The first-order valence-corrected chi connectivity index (χ1v) is 1.91. The maximum absolute atomic E-state index is 8.68. The van der Waals surface area contributed by atoms with Gasteiger partial charge in [0, 0.05) is 19.5 Å². The molecule has 0 bridgehead atoms. The fourth-order valence-electron chi connectivity index (χ4n) is 0. The molecular formula is C5H12NOZn-3. The van der Waals surface area contributed by atoms with Crippen molar-refractivity contribution in [3.05, 3.63) is 13.1 Å². The van der Waals surface area contributed by atoms with Crippen LogP contribution in [0.3, 0.4) is 0 Å². The van der Waals surface area contributed by atoms with E-state index in [0.29, 0.717) is 0 Å². The van der Waals surface area contributed by atoms with Crippen LogP contribution in [0, 0.1) is 6.92 Å². The molecule has 0 saturated carbocycles. The Morgan fingerprint density at radius 2 is 1.62 bits per heavy atom. The number of hydrogen-bond donors (Lipinski definition) is 0. The molecule has 48 valence electrons. The average Bonchev–Trinajstić information content (AvgIpc) is 1.39. The van der Waals surface area contributed by atoms with Gasteiger partial charge in [0.2, 0.25) is 0 Å². The SMILES string of the molecule is C[C-]=O.[CH2-]CC.[NH2-].[Zn]. The zero-order valence-corrected chi connectivity index (χ0v) is 8.57. The quantitative estimate of drug-likeness (QED) is 0.402. The minimum atomic E-state index is 0. The van der Waals surface area contributed by atoms with Crippen molar-refractivity contribution in [2.45, 2.75) is 20.3 Å². The number of nitrogens with two attached hydrogens (primary N) is 1. The molecule has 8 heavy (non-hydrogen) atoms. The van der Waals surface area contributed by atoms with Gasteiger partial charge in [-0.3, -0.25) is 6.29 Å². The summed E-state index contributed by atoms with van der Waals surface area (Å²) in [7, 11) is 0. The van der Waals surface area contributed by atoms with Gasteiger partial charge in [0.05, 0.1) is 0 Å². The Hall–Kier alpha value is 0.253. The summed E-state index contributed by atoms with van der Waals surface area (Å²) in [6.07, 6.45) is 2.50. The van der Waals surface area contributed by atoms with Gasteiger partial charge in [-0.25, -0.2) is 0 Å². The molecule has 0 saturated heterocycles. The van der Waals surface area contributed by atoms with E-state index in [1.165, 1.54) is 13.2 Å². The van der Waals surface area contributed by atoms with E-state index >= 15 is 0 Å². The molecule has 0 heterocycles. The Bertz CT molecular complexity index is 26.4. The van der Waals surface area contributed by atoms with E-state index in [1.54, 1.807) is 0 Å². The van der Waals surface area contributed by atoms with Crippen molar-refractivity contribution in [1.82, 2.24) is 0 Å². The van der Waals surface area contributed by atoms with Crippen molar-refractivity contribution in [2.24, 2.45) is 0 Å². The molecule has 0 fully saturated rings. The number of rotatable bonds is 0. The largest absolute Gasteiger partial charge is 0.693 e. The van der Waals surface area contributed by atoms with E-state index in [1.807, 2.05) is 6.92 Å². The van der Waals surface area contributed by atoms with E-state index < -0.39 is 0 Å². The third kappa shape index (κ3) is 2690. The minimum Gasteiger partial charge on any atom is -0.693 e. The molecule has 0 aromatic carbocycles. The Morgan fingerprint density at radius 3 is 1.62 bits per heavy atom. The van der Waals surface area contributed by atoms with Gasteiger partial charge in [-0.2, -0.15) is 13.3 Å². The Balaban J connectivity index is -0.0000000160. The van der Waals surface area contributed by atoms with E-state index in [2.05, 4.69) is 6.92 Å². The van der Waals surface area contributed by atoms with Crippen LogP contribution in [0.25, 0.3) is 6.15 Å². The second-order valence-electron chi connectivity index (χ2n) is 0.704. The molecule has 0 aliphatic heterocycles. The van der Waals surface area contributed by atoms with E-state index in [-0.39, 0.29) is 25.6 Å². The monoisotopic (exact) mass is 166 g/mol. The van der Waals surface area contributed by atoms with Gasteiger partial charge in [0.25, 0.3) is 0 Å². The van der Waals surface area contributed by atoms with Gasteiger partial charge in [-0.05, 0) is 0 Å². The zero-order chi connectivity index (χ0) is 5.41. The molecule has 0 spiro atoms.